The van der Waals surface area contributed by atoms with E-state index >= 15 is 0 Å². The fraction of sp³-hybridized carbons (Fsp3) is 0.333. The number of hydrogen-bond acceptors (Lipinski definition) is 3. The molecule has 1 aromatic rings. The van der Waals surface area contributed by atoms with E-state index in [9.17, 15) is 0 Å². The van der Waals surface area contributed by atoms with Crippen LogP contribution in [0.5, 0.6) is 11.5 Å². The zero-order valence-electron chi connectivity index (χ0n) is 12.9. The maximum absolute atomic E-state index is 5.95. The molecule has 0 atom stereocenters. The zero-order chi connectivity index (χ0) is 15.5. The Morgan fingerprint density at radius 2 is 1.81 bits per heavy atom. The molecule has 0 bridgehead atoms. The predicted molar refractivity (Wildman–Crippen MR) is 89.2 cm³/mol. The van der Waals surface area contributed by atoms with Crippen LogP contribution in [0.15, 0.2) is 56.2 Å². The van der Waals surface area contributed by atoms with E-state index in [0.717, 1.165) is 43.1 Å². The lowest BCUT2D eigenvalue weighted by molar-refractivity contribution is 0.228. The molecule has 1 rings (SSSR count). The van der Waals surface area contributed by atoms with Gasteiger partial charge in [0.25, 0.3) is 0 Å². The summed E-state index contributed by atoms with van der Waals surface area (Å²) in [5.41, 5.74) is 1.09. The molecule has 0 aliphatic rings. The van der Waals surface area contributed by atoms with Crippen LogP contribution in [-0.4, -0.2) is 38.3 Å². The largest absolute Gasteiger partial charge is 0.493 e. The van der Waals surface area contributed by atoms with Gasteiger partial charge in [-0.15, -0.1) is 19.7 Å². The monoisotopic (exact) mass is 287 g/mol. The predicted octanol–water partition coefficient (Wildman–Crippen LogP) is 3.48. The highest BCUT2D eigenvalue weighted by Gasteiger charge is 2.10. The molecule has 1 aromatic carbocycles. The van der Waals surface area contributed by atoms with Gasteiger partial charge in [0.05, 0.1) is 7.11 Å². The lowest BCUT2D eigenvalue weighted by atomic mass is 10.1. The van der Waals surface area contributed by atoms with Gasteiger partial charge in [0, 0.05) is 25.2 Å². The number of allylic oxidation sites excluding steroid dienone is 1. The van der Waals surface area contributed by atoms with E-state index in [2.05, 4.69) is 24.6 Å². The number of methoxy groups -OCH3 is 1. The van der Waals surface area contributed by atoms with Crippen LogP contribution in [0.25, 0.3) is 0 Å². The minimum Gasteiger partial charge on any atom is -0.493 e. The van der Waals surface area contributed by atoms with Crippen molar-refractivity contribution in [1.29, 1.82) is 0 Å². The molecular weight excluding hydrogens is 262 g/mol. The van der Waals surface area contributed by atoms with Crippen molar-refractivity contribution in [2.45, 2.75) is 6.42 Å². The summed E-state index contributed by atoms with van der Waals surface area (Å²) in [5.74, 6) is 1.56. The van der Waals surface area contributed by atoms with Gasteiger partial charge < -0.3 is 9.47 Å². The summed E-state index contributed by atoms with van der Waals surface area (Å²) >= 11 is 0. The first-order valence-electron chi connectivity index (χ1n) is 7.10. The first-order chi connectivity index (χ1) is 10.3. The average molecular weight is 287 g/mol. The average Bonchev–Trinajstić information content (AvgIpc) is 2.49. The maximum atomic E-state index is 5.95. The Hall–Kier alpha value is -2.00. The van der Waals surface area contributed by atoms with E-state index in [1.807, 2.05) is 36.4 Å². The number of benzene rings is 1. The molecule has 0 radical (unpaired) electrons. The normalized spacial score (nSPS) is 10.2. The molecule has 21 heavy (non-hydrogen) atoms. The summed E-state index contributed by atoms with van der Waals surface area (Å²) in [5, 5.41) is 0. The molecule has 0 aliphatic heterocycles. The topological polar surface area (TPSA) is 21.7 Å². The Balaban J connectivity index is 2.70. The van der Waals surface area contributed by atoms with Crippen molar-refractivity contribution in [2.24, 2.45) is 0 Å². The van der Waals surface area contributed by atoms with E-state index in [0.29, 0.717) is 6.61 Å². The lowest BCUT2D eigenvalue weighted by Crippen LogP contribution is -2.29. The summed E-state index contributed by atoms with van der Waals surface area (Å²) in [6.45, 7) is 14.4. The minimum atomic E-state index is 0.589. The molecule has 0 saturated carbocycles. The highest BCUT2D eigenvalue weighted by Crippen LogP contribution is 2.31. The van der Waals surface area contributed by atoms with Crippen LogP contribution >= 0.6 is 0 Å². The third-order valence-corrected chi connectivity index (χ3v) is 3.07. The Kier molecular flexibility index (Phi) is 7.99. The molecule has 114 valence electrons. The Bertz CT molecular complexity index is 458. The van der Waals surface area contributed by atoms with Crippen molar-refractivity contribution >= 4 is 0 Å². The number of nitrogens with zero attached hydrogens (tertiary/aromatic N) is 1. The van der Waals surface area contributed by atoms with Crippen molar-refractivity contribution in [3.63, 3.8) is 0 Å². The van der Waals surface area contributed by atoms with Gasteiger partial charge in [-0.1, -0.05) is 30.4 Å². The maximum Gasteiger partial charge on any atom is 0.164 e. The van der Waals surface area contributed by atoms with E-state index in [4.69, 9.17) is 9.47 Å². The summed E-state index contributed by atoms with van der Waals surface area (Å²) in [7, 11) is 1.65. The van der Waals surface area contributed by atoms with Gasteiger partial charge in [-0.2, -0.15) is 0 Å². The number of ether oxygens (including phenoxy) is 2. The van der Waals surface area contributed by atoms with Gasteiger partial charge in [-0.25, -0.2) is 0 Å². The van der Waals surface area contributed by atoms with Gasteiger partial charge in [0.15, 0.2) is 11.5 Å². The second-order valence-corrected chi connectivity index (χ2v) is 4.63. The Morgan fingerprint density at radius 1 is 1.10 bits per heavy atom. The van der Waals surface area contributed by atoms with Gasteiger partial charge >= 0.3 is 0 Å². The van der Waals surface area contributed by atoms with Crippen molar-refractivity contribution in [1.82, 2.24) is 4.90 Å². The standard InChI is InChI=1S/C18H25NO2/c1-5-9-16-10-8-11-17(20-4)18(16)21-15-14-19(12-6-2)13-7-3/h5-8,10-11H,1-3,9,12-15H2,4H3. The van der Waals surface area contributed by atoms with Crippen molar-refractivity contribution in [2.75, 3.05) is 33.4 Å². The summed E-state index contributed by atoms with van der Waals surface area (Å²) in [6, 6.07) is 5.91. The highest BCUT2D eigenvalue weighted by atomic mass is 16.5. The van der Waals surface area contributed by atoms with E-state index in [-0.39, 0.29) is 0 Å². The molecular formula is C18H25NO2. The molecule has 3 nitrogen and oxygen atoms in total. The molecule has 0 N–H and O–H groups in total. The number of rotatable bonds is 11. The van der Waals surface area contributed by atoms with Crippen molar-refractivity contribution < 1.29 is 9.47 Å². The summed E-state index contributed by atoms with van der Waals surface area (Å²) in [6.07, 6.45) is 6.39. The van der Waals surface area contributed by atoms with Gasteiger partial charge in [-0.05, 0) is 12.5 Å². The fourth-order valence-corrected chi connectivity index (χ4v) is 2.10. The second-order valence-electron chi connectivity index (χ2n) is 4.63. The molecule has 0 fully saturated rings. The van der Waals surface area contributed by atoms with Gasteiger partial charge in [0.2, 0.25) is 0 Å². The summed E-state index contributed by atoms with van der Waals surface area (Å²) < 4.78 is 11.3. The summed E-state index contributed by atoms with van der Waals surface area (Å²) in [4.78, 5) is 2.21. The SMILES string of the molecule is C=CCc1cccc(OC)c1OCCN(CC=C)CC=C. The molecule has 0 spiro atoms. The lowest BCUT2D eigenvalue weighted by Gasteiger charge is -2.20. The number of para-hydroxylation sites is 1. The molecule has 0 heterocycles. The van der Waals surface area contributed by atoms with Crippen LogP contribution < -0.4 is 9.47 Å². The Labute approximate surface area is 128 Å². The van der Waals surface area contributed by atoms with Gasteiger partial charge in [0.1, 0.15) is 6.61 Å². The zero-order valence-corrected chi connectivity index (χ0v) is 12.9. The van der Waals surface area contributed by atoms with E-state index in [1.165, 1.54) is 0 Å². The first-order valence-corrected chi connectivity index (χ1v) is 7.10. The van der Waals surface area contributed by atoms with Crippen LogP contribution in [0.1, 0.15) is 5.56 Å². The first kappa shape index (κ1) is 17.1. The smallest absolute Gasteiger partial charge is 0.164 e. The molecule has 0 unspecified atom stereocenters. The van der Waals surface area contributed by atoms with E-state index < -0.39 is 0 Å². The van der Waals surface area contributed by atoms with Crippen molar-refractivity contribution in [3.05, 3.63) is 61.7 Å². The van der Waals surface area contributed by atoms with E-state index in [1.54, 1.807) is 7.11 Å². The van der Waals surface area contributed by atoms with Crippen LogP contribution in [-0.2, 0) is 6.42 Å². The van der Waals surface area contributed by atoms with Gasteiger partial charge in [-0.3, -0.25) is 4.90 Å². The minimum absolute atomic E-state index is 0.589. The van der Waals surface area contributed by atoms with Crippen molar-refractivity contribution in [3.8, 4) is 11.5 Å². The fourth-order valence-electron chi connectivity index (χ4n) is 2.10. The van der Waals surface area contributed by atoms with Crippen LogP contribution in [0.4, 0.5) is 0 Å². The molecule has 3 heteroatoms. The highest BCUT2D eigenvalue weighted by molar-refractivity contribution is 5.47. The quantitative estimate of drug-likeness (QED) is 0.582. The molecule has 0 saturated heterocycles. The second kappa shape index (κ2) is 9.83. The number of hydrogen-bond donors (Lipinski definition) is 0. The van der Waals surface area contributed by atoms with Crippen LogP contribution in [0, 0.1) is 0 Å². The molecule has 0 aromatic heterocycles. The van der Waals surface area contributed by atoms with Crippen LogP contribution in [0.3, 0.4) is 0 Å². The third kappa shape index (κ3) is 5.48. The van der Waals surface area contributed by atoms with Crippen LogP contribution in [0.2, 0.25) is 0 Å². The Morgan fingerprint density at radius 3 is 2.38 bits per heavy atom. The molecule has 0 amide bonds. The molecule has 0 aliphatic carbocycles. The third-order valence-electron chi connectivity index (χ3n) is 3.07.